The van der Waals surface area contributed by atoms with Gasteiger partial charge in [-0.05, 0) is 44.7 Å². The SMILES string of the molecule is Cc1ccc(OCCC(=O)NCC2(O)CCC2)c(C)c1. The van der Waals surface area contributed by atoms with Gasteiger partial charge in [-0.25, -0.2) is 0 Å². The fraction of sp³-hybridized carbons (Fsp3) is 0.562. The number of rotatable bonds is 6. The molecule has 2 N–H and O–H groups in total. The van der Waals surface area contributed by atoms with E-state index in [1.54, 1.807) is 0 Å². The lowest BCUT2D eigenvalue weighted by molar-refractivity contribution is -0.124. The molecule has 0 unspecified atom stereocenters. The van der Waals surface area contributed by atoms with Crippen molar-refractivity contribution in [1.82, 2.24) is 5.32 Å². The Morgan fingerprint density at radius 1 is 1.40 bits per heavy atom. The monoisotopic (exact) mass is 277 g/mol. The van der Waals surface area contributed by atoms with Gasteiger partial charge in [0.1, 0.15) is 5.75 Å². The topological polar surface area (TPSA) is 58.6 Å². The second-order valence-corrected chi connectivity index (χ2v) is 5.72. The van der Waals surface area contributed by atoms with Crippen LogP contribution >= 0.6 is 0 Å². The second-order valence-electron chi connectivity index (χ2n) is 5.72. The summed E-state index contributed by atoms with van der Waals surface area (Å²) in [6.07, 6.45) is 2.92. The first-order chi connectivity index (χ1) is 9.48. The van der Waals surface area contributed by atoms with Crippen molar-refractivity contribution in [1.29, 1.82) is 0 Å². The molecule has 1 aliphatic carbocycles. The maximum absolute atomic E-state index is 11.7. The number of nitrogens with one attached hydrogen (secondary N) is 1. The third-order valence-corrected chi connectivity index (χ3v) is 3.82. The van der Waals surface area contributed by atoms with Gasteiger partial charge in [0.15, 0.2) is 0 Å². The van der Waals surface area contributed by atoms with Gasteiger partial charge in [0, 0.05) is 6.54 Å². The Bertz CT molecular complexity index is 481. The zero-order chi connectivity index (χ0) is 14.6. The first-order valence-electron chi connectivity index (χ1n) is 7.18. The Morgan fingerprint density at radius 3 is 2.75 bits per heavy atom. The first kappa shape index (κ1) is 14.9. The van der Waals surface area contributed by atoms with Gasteiger partial charge in [0.25, 0.3) is 0 Å². The Morgan fingerprint density at radius 2 is 2.15 bits per heavy atom. The maximum Gasteiger partial charge on any atom is 0.223 e. The van der Waals surface area contributed by atoms with Crippen molar-refractivity contribution in [2.45, 2.75) is 45.1 Å². The third-order valence-electron chi connectivity index (χ3n) is 3.82. The molecule has 20 heavy (non-hydrogen) atoms. The minimum atomic E-state index is -0.663. The summed E-state index contributed by atoms with van der Waals surface area (Å²) in [7, 11) is 0. The number of carbonyl (C=O) groups is 1. The maximum atomic E-state index is 11.7. The van der Waals surface area contributed by atoms with Crippen LogP contribution in [0.25, 0.3) is 0 Å². The van der Waals surface area contributed by atoms with Crippen LogP contribution in [0, 0.1) is 13.8 Å². The summed E-state index contributed by atoms with van der Waals surface area (Å²) in [5, 5.41) is 12.6. The molecule has 1 amide bonds. The molecule has 0 aromatic heterocycles. The van der Waals surface area contributed by atoms with E-state index in [0.29, 0.717) is 19.6 Å². The minimum Gasteiger partial charge on any atom is -0.493 e. The number of benzene rings is 1. The highest BCUT2D eigenvalue weighted by Crippen LogP contribution is 2.30. The standard InChI is InChI=1S/C16H23NO3/c1-12-4-5-14(13(2)10-12)20-9-6-15(18)17-11-16(19)7-3-8-16/h4-5,10,19H,3,6-9,11H2,1-2H3,(H,17,18). The average Bonchev–Trinajstić information content (AvgIpc) is 2.37. The van der Waals surface area contributed by atoms with Crippen molar-refractivity contribution >= 4 is 5.91 Å². The molecule has 1 aliphatic rings. The lowest BCUT2D eigenvalue weighted by Gasteiger charge is -2.36. The molecule has 1 fully saturated rings. The Kier molecular flexibility index (Phi) is 4.65. The van der Waals surface area contributed by atoms with Crippen molar-refractivity contribution in [3.63, 3.8) is 0 Å². The molecule has 0 saturated heterocycles. The van der Waals surface area contributed by atoms with E-state index in [1.165, 1.54) is 5.56 Å². The third kappa shape index (κ3) is 3.97. The van der Waals surface area contributed by atoms with Crippen LogP contribution in [0.2, 0.25) is 0 Å². The summed E-state index contributed by atoms with van der Waals surface area (Å²) in [4.78, 5) is 11.7. The molecule has 0 atom stereocenters. The number of carbonyl (C=O) groups excluding carboxylic acids is 1. The molecule has 110 valence electrons. The summed E-state index contributed by atoms with van der Waals surface area (Å²) in [5.74, 6) is 0.746. The predicted molar refractivity (Wildman–Crippen MR) is 77.8 cm³/mol. The van der Waals surface area contributed by atoms with E-state index in [9.17, 15) is 9.90 Å². The molecule has 1 saturated carbocycles. The number of aryl methyl sites for hydroxylation is 2. The highest BCUT2D eigenvalue weighted by molar-refractivity contribution is 5.76. The number of hydrogen-bond acceptors (Lipinski definition) is 3. The van der Waals surface area contributed by atoms with E-state index in [1.807, 2.05) is 26.0 Å². The first-order valence-corrected chi connectivity index (χ1v) is 7.18. The predicted octanol–water partition coefficient (Wildman–Crippen LogP) is 2.10. The molecule has 4 heteroatoms. The largest absolute Gasteiger partial charge is 0.493 e. The molecular weight excluding hydrogens is 254 g/mol. The molecule has 0 aliphatic heterocycles. The van der Waals surface area contributed by atoms with Crippen LogP contribution in [-0.4, -0.2) is 29.8 Å². The fourth-order valence-corrected chi connectivity index (χ4v) is 2.33. The van der Waals surface area contributed by atoms with Crippen LogP contribution in [0.15, 0.2) is 18.2 Å². The summed E-state index contributed by atoms with van der Waals surface area (Å²) >= 11 is 0. The summed E-state index contributed by atoms with van der Waals surface area (Å²) in [6.45, 7) is 4.74. The van der Waals surface area contributed by atoms with E-state index in [-0.39, 0.29) is 5.91 Å². The van der Waals surface area contributed by atoms with Crippen molar-refractivity contribution in [3.05, 3.63) is 29.3 Å². The van der Waals surface area contributed by atoms with Gasteiger partial charge in [-0.1, -0.05) is 17.7 Å². The van der Waals surface area contributed by atoms with E-state index in [2.05, 4.69) is 11.4 Å². The van der Waals surface area contributed by atoms with Crippen molar-refractivity contribution in [3.8, 4) is 5.75 Å². The van der Waals surface area contributed by atoms with Crippen molar-refractivity contribution in [2.75, 3.05) is 13.2 Å². The van der Waals surface area contributed by atoms with Crippen LogP contribution in [0.1, 0.15) is 36.8 Å². The molecule has 0 heterocycles. The number of ether oxygens (including phenoxy) is 1. The van der Waals surface area contributed by atoms with Gasteiger partial charge in [0.2, 0.25) is 5.91 Å². The molecule has 2 rings (SSSR count). The second kappa shape index (κ2) is 6.27. The van der Waals surface area contributed by atoms with Gasteiger partial charge in [-0.15, -0.1) is 0 Å². The van der Waals surface area contributed by atoms with Crippen molar-refractivity contribution < 1.29 is 14.6 Å². The minimum absolute atomic E-state index is 0.0740. The molecule has 0 spiro atoms. The van der Waals surface area contributed by atoms with Gasteiger partial charge in [-0.2, -0.15) is 0 Å². The highest BCUT2D eigenvalue weighted by atomic mass is 16.5. The van der Waals surface area contributed by atoms with Crippen LogP contribution in [-0.2, 0) is 4.79 Å². The summed E-state index contributed by atoms with van der Waals surface area (Å²) < 4.78 is 5.61. The van der Waals surface area contributed by atoms with Crippen LogP contribution in [0.3, 0.4) is 0 Å². The fourth-order valence-electron chi connectivity index (χ4n) is 2.33. The quantitative estimate of drug-likeness (QED) is 0.837. The molecule has 1 aromatic carbocycles. The van der Waals surface area contributed by atoms with Crippen LogP contribution < -0.4 is 10.1 Å². The number of amides is 1. The smallest absolute Gasteiger partial charge is 0.223 e. The highest BCUT2D eigenvalue weighted by Gasteiger charge is 2.34. The zero-order valence-corrected chi connectivity index (χ0v) is 12.2. The molecule has 1 aromatic rings. The Balaban J connectivity index is 1.68. The lowest BCUT2D eigenvalue weighted by Crippen LogP contribution is -2.47. The van der Waals surface area contributed by atoms with E-state index < -0.39 is 5.60 Å². The zero-order valence-electron chi connectivity index (χ0n) is 12.2. The average molecular weight is 277 g/mol. The van der Waals surface area contributed by atoms with Crippen LogP contribution in [0.4, 0.5) is 0 Å². The van der Waals surface area contributed by atoms with E-state index in [0.717, 1.165) is 30.6 Å². The van der Waals surface area contributed by atoms with Gasteiger partial charge in [0.05, 0.1) is 18.6 Å². The van der Waals surface area contributed by atoms with Gasteiger partial charge < -0.3 is 15.2 Å². The molecule has 0 radical (unpaired) electrons. The summed E-state index contributed by atoms with van der Waals surface area (Å²) in [6, 6.07) is 5.98. The number of aliphatic hydroxyl groups is 1. The summed E-state index contributed by atoms with van der Waals surface area (Å²) in [5.41, 5.74) is 1.61. The normalized spacial score (nSPS) is 16.4. The van der Waals surface area contributed by atoms with Crippen molar-refractivity contribution in [2.24, 2.45) is 0 Å². The molecule has 4 nitrogen and oxygen atoms in total. The van der Waals surface area contributed by atoms with Gasteiger partial charge in [-0.3, -0.25) is 4.79 Å². The Labute approximate surface area is 120 Å². The molecule has 0 bridgehead atoms. The van der Waals surface area contributed by atoms with Gasteiger partial charge >= 0.3 is 0 Å². The Hall–Kier alpha value is -1.55. The lowest BCUT2D eigenvalue weighted by atomic mass is 9.80. The molecular formula is C16H23NO3. The van der Waals surface area contributed by atoms with E-state index >= 15 is 0 Å². The van der Waals surface area contributed by atoms with Crippen LogP contribution in [0.5, 0.6) is 5.75 Å². The number of hydrogen-bond donors (Lipinski definition) is 2. The van der Waals surface area contributed by atoms with E-state index in [4.69, 9.17) is 4.74 Å².